The van der Waals surface area contributed by atoms with E-state index in [2.05, 4.69) is 26.8 Å². The highest BCUT2D eigenvalue weighted by molar-refractivity contribution is 7.10. The van der Waals surface area contributed by atoms with Gasteiger partial charge in [0.1, 0.15) is 0 Å². The van der Waals surface area contributed by atoms with E-state index in [1.54, 1.807) is 11.3 Å². The number of amides is 2. The molecule has 2 amide bonds. The third kappa shape index (κ3) is 3.85. The van der Waals surface area contributed by atoms with Gasteiger partial charge in [0, 0.05) is 30.1 Å². The first-order chi connectivity index (χ1) is 14.0. The molecule has 4 rings (SSSR count). The first kappa shape index (κ1) is 20.1. The summed E-state index contributed by atoms with van der Waals surface area (Å²) in [5.41, 5.74) is 1.57. The molecule has 1 fully saturated rings. The fourth-order valence-corrected chi connectivity index (χ4v) is 5.69. The summed E-state index contributed by atoms with van der Waals surface area (Å²) in [7, 11) is 0. The van der Waals surface area contributed by atoms with Crippen molar-refractivity contribution < 1.29 is 9.59 Å². The Morgan fingerprint density at radius 1 is 1.21 bits per heavy atom. The average Bonchev–Trinajstić information content (AvgIpc) is 3.23. The molecule has 4 nitrogen and oxygen atoms in total. The first-order valence-corrected chi connectivity index (χ1v) is 11.6. The quantitative estimate of drug-likeness (QED) is 0.716. The van der Waals surface area contributed by atoms with Gasteiger partial charge in [0.15, 0.2) is 0 Å². The number of carbonyl (C=O) groups is 2. The van der Waals surface area contributed by atoms with Gasteiger partial charge in [0.2, 0.25) is 5.91 Å². The van der Waals surface area contributed by atoms with Gasteiger partial charge in [-0.25, -0.2) is 0 Å². The molecule has 0 radical (unpaired) electrons. The Morgan fingerprint density at radius 2 is 2.00 bits per heavy atom. The van der Waals surface area contributed by atoms with E-state index in [1.165, 1.54) is 6.42 Å². The van der Waals surface area contributed by atoms with E-state index in [9.17, 15) is 9.59 Å². The van der Waals surface area contributed by atoms with E-state index >= 15 is 0 Å². The number of nitrogens with zero attached hydrogens (tertiary/aromatic N) is 2. The fraction of sp³-hybridized carbons (Fsp3) is 0.500. The molecule has 0 bridgehead atoms. The normalized spacial score (nSPS) is 24.7. The fourth-order valence-electron chi connectivity index (χ4n) is 4.82. The highest BCUT2D eigenvalue weighted by Gasteiger charge is 2.46. The summed E-state index contributed by atoms with van der Waals surface area (Å²) in [6.45, 7) is 8.75. The molecular formula is C24H30N2O2S. The number of benzene rings is 1. The molecule has 1 aromatic carbocycles. The summed E-state index contributed by atoms with van der Waals surface area (Å²) < 4.78 is 0. The molecule has 1 saturated heterocycles. The number of fused-ring (bicyclic) bond motifs is 1. The minimum Gasteiger partial charge on any atom is -0.342 e. The monoisotopic (exact) mass is 410 g/mol. The number of likely N-dealkylation sites (tertiary alicyclic amines) is 1. The summed E-state index contributed by atoms with van der Waals surface area (Å²) >= 11 is 1.64. The van der Waals surface area contributed by atoms with Crippen molar-refractivity contribution in [1.82, 2.24) is 9.80 Å². The molecule has 0 aliphatic carbocycles. The van der Waals surface area contributed by atoms with Crippen molar-refractivity contribution in [3.63, 3.8) is 0 Å². The average molecular weight is 411 g/mol. The van der Waals surface area contributed by atoms with Crippen LogP contribution in [0.25, 0.3) is 0 Å². The molecular weight excluding hydrogens is 380 g/mol. The van der Waals surface area contributed by atoms with Crippen molar-refractivity contribution >= 4 is 23.2 Å². The van der Waals surface area contributed by atoms with E-state index in [0.717, 1.165) is 30.0 Å². The maximum Gasteiger partial charge on any atom is 0.254 e. The number of piperidine rings is 1. The summed E-state index contributed by atoms with van der Waals surface area (Å²) in [4.78, 5) is 32.4. The molecule has 5 heteroatoms. The molecule has 2 aromatic rings. The summed E-state index contributed by atoms with van der Waals surface area (Å²) in [5, 5.41) is 2.04. The van der Waals surface area contributed by atoms with Crippen molar-refractivity contribution in [3.05, 3.63) is 57.8 Å². The van der Waals surface area contributed by atoms with Crippen LogP contribution in [0, 0.1) is 11.8 Å². The van der Waals surface area contributed by atoms with Crippen LogP contribution in [0.2, 0.25) is 0 Å². The second-order valence-electron chi connectivity index (χ2n) is 8.91. The zero-order valence-electron chi connectivity index (χ0n) is 17.5. The van der Waals surface area contributed by atoms with Gasteiger partial charge in [0.05, 0.1) is 12.0 Å². The maximum atomic E-state index is 13.9. The lowest BCUT2D eigenvalue weighted by Gasteiger charge is -2.44. The lowest BCUT2D eigenvalue weighted by Crippen LogP contribution is -2.50. The van der Waals surface area contributed by atoms with E-state index in [4.69, 9.17) is 0 Å². The van der Waals surface area contributed by atoms with Crippen LogP contribution in [0.4, 0.5) is 0 Å². The first-order valence-electron chi connectivity index (χ1n) is 10.7. The van der Waals surface area contributed by atoms with Crippen LogP contribution in [0.3, 0.4) is 0 Å². The Bertz CT molecular complexity index is 877. The Kier molecular flexibility index (Phi) is 5.77. The minimum atomic E-state index is -0.341. The zero-order chi connectivity index (χ0) is 20.5. The van der Waals surface area contributed by atoms with E-state index < -0.39 is 0 Å². The molecule has 3 unspecified atom stereocenters. The van der Waals surface area contributed by atoms with Gasteiger partial charge in [-0.15, -0.1) is 11.3 Å². The van der Waals surface area contributed by atoms with Crippen LogP contribution in [0.15, 0.2) is 41.8 Å². The largest absolute Gasteiger partial charge is 0.342 e. The second-order valence-corrected chi connectivity index (χ2v) is 9.89. The molecule has 0 N–H and O–H groups in total. The topological polar surface area (TPSA) is 40.6 Å². The maximum absolute atomic E-state index is 13.9. The molecule has 2 aliphatic rings. The Hall–Kier alpha value is -2.14. The highest BCUT2D eigenvalue weighted by Crippen LogP contribution is 2.45. The van der Waals surface area contributed by atoms with E-state index in [0.29, 0.717) is 23.9 Å². The molecule has 2 aliphatic heterocycles. The summed E-state index contributed by atoms with van der Waals surface area (Å²) in [6, 6.07) is 11.6. The van der Waals surface area contributed by atoms with Crippen LogP contribution in [-0.4, -0.2) is 41.2 Å². The molecule has 3 atom stereocenters. The molecule has 1 aromatic heterocycles. The van der Waals surface area contributed by atoms with Crippen molar-refractivity contribution in [2.24, 2.45) is 11.8 Å². The smallest absolute Gasteiger partial charge is 0.254 e. The van der Waals surface area contributed by atoms with Gasteiger partial charge in [-0.05, 0) is 47.8 Å². The number of thiophene rings is 1. The lowest BCUT2D eigenvalue weighted by atomic mass is 9.80. The molecule has 154 valence electrons. The van der Waals surface area contributed by atoms with Crippen LogP contribution in [0.1, 0.15) is 66.4 Å². The molecule has 0 spiro atoms. The van der Waals surface area contributed by atoms with Crippen molar-refractivity contribution in [1.29, 1.82) is 0 Å². The van der Waals surface area contributed by atoms with Gasteiger partial charge in [-0.3, -0.25) is 9.59 Å². The van der Waals surface area contributed by atoms with Crippen LogP contribution >= 0.6 is 11.3 Å². The molecule has 0 saturated carbocycles. The molecule has 29 heavy (non-hydrogen) atoms. The lowest BCUT2D eigenvalue weighted by molar-refractivity contribution is -0.136. The number of carbonyl (C=O) groups excluding carboxylic acids is 2. The van der Waals surface area contributed by atoms with Crippen molar-refractivity contribution in [3.8, 4) is 0 Å². The highest BCUT2D eigenvalue weighted by atomic mass is 32.1. The SMILES string of the molecule is CC(C)CN1C(=O)c2ccccc2C(C(=O)N2CCCC(C)C2)C1c1cccs1. The number of hydrogen-bond acceptors (Lipinski definition) is 3. The van der Waals surface area contributed by atoms with Gasteiger partial charge < -0.3 is 9.80 Å². The third-order valence-electron chi connectivity index (χ3n) is 6.07. The zero-order valence-corrected chi connectivity index (χ0v) is 18.3. The van der Waals surface area contributed by atoms with Crippen LogP contribution in [-0.2, 0) is 4.79 Å². The van der Waals surface area contributed by atoms with Crippen LogP contribution in [0.5, 0.6) is 0 Å². The van der Waals surface area contributed by atoms with Gasteiger partial charge >= 0.3 is 0 Å². The Balaban J connectivity index is 1.82. The van der Waals surface area contributed by atoms with Gasteiger partial charge in [-0.2, -0.15) is 0 Å². The second kappa shape index (κ2) is 8.31. The van der Waals surface area contributed by atoms with Gasteiger partial charge in [-0.1, -0.05) is 45.0 Å². The standard InChI is InChI=1S/C24H30N2O2S/c1-16(2)14-26-22(20-11-7-13-29-20)21(18-9-4-5-10-19(18)23(26)27)24(28)25-12-6-8-17(3)15-25/h4-5,7,9-11,13,16-17,21-22H,6,8,12,14-15H2,1-3H3. The van der Waals surface area contributed by atoms with Crippen molar-refractivity contribution in [2.45, 2.75) is 45.6 Å². The van der Waals surface area contributed by atoms with Gasteiger partial charge in [0.25, 0.3) is 5.91 Å². The number of rotatable bonds is 4. The molecule has 3 heterocycles. The van der Waals surface area contributed by atoms with Crippen LogP contribution < -0.4 is 0 Å². The van der Waals surface area contributed by atoms with Crippen molar-refractivity contribution in [2.75, 3.05) is 19.6 Å². The Morgan fingerprint density at radius 3 is 2.69 bits per heavy atom. The Labute approximate surface area is 177 Å². The summed E-state index contributed by atoms with van der Waals surface area (Å²) in [6.07, 6.45) is 2.23. The van der Waals surface area contributed by atoms with E-state index in [1.807, 2.05) is 45.5 Å². The predicted molar refractivity (Wildman–Crippen MR) is 117 cm³/mol. The minimum absolute atomic E-state index is 0.0452. The predicted octanol–water partition coefficient (Wildman–Crippen LogP) is 4.94. The number of hydrogen-bond donors (Lipinski definition) is 0. The van der Waals surface area contributed by atoms with E-state index in [-0.39, 0.29) is 23.8 Å². The summed E-state index contributed by atoms with van der Waals surface area (Å²) in [5.74, 6) is 0.733. The third-order valence-corrected chi connectivity index (χ3v) is 7.01.